The molecule has 0 saturated heterocycles. The molecule has 2 rings (SSSR count). The molecule has 0 radical (unpaired) electrons. The molecule has 0 atom stereocenters. The number of amides is 1. The number of sulfonamides is 1. The summed E-state index contributed by atoms with van der Waals surface area (Å²) in [6.45, 7) is 4.04. The maximum absolute atomic E-state index is 12.1. The molecule has 0 bridgehead atoms. The zero-order valence-corrected chi connectivity index (χ0v) is 16.4. The first kappa shape index (κ1) is 19.8. The summed E-state index contributed by atoms with van der Waals surface area (Å²) < 4.78 is 26.6. The van der Waals surface area contributed by atoms with E-state index in [4.69, 9.17) is 0 Å². The molecule has 1 amide bonds. The van der Waals surface area contributed by atoms with Crippen molar-refractivity contribution in [3.8, 4) is 0 Å². The van der Waals surface area contributed by atoms with E-state index in [2.05, 4.69) is 44.5 Å². The number of rotatable bonds is 9. The molecule has 0 aliphatic heterocycles. The first-order valence-electron chi connectivity index (χ1n) is 7.67. The van der Waals surface area contributed by atoms with Gasteiger partial charge in [0.1, 0.15) is 0 Å². The number of thioether (sulfide) groups is 1. The molecule has 0 aliphatic rings. The smallest absolute Gasteiger partial charge is 0.269 e. The van der Waals surface area contributed by atoms with Gasteiger partial charge in [0.15, 0.2) is 0 Å². The van der Waals surface area contributed by atoms with Gasteiger partial charge < -0.3 is 5.32 Å². The summed E-state index contributed by atoms with van der Waals surface area (Å²) in [4.78, 5) is 11.3. The molecule has 0 aliphatic carbocycles. The molecule has 1 aromatic heterocycles. The van der Waals surface area contributed by atoms with Crippen molar-refractivity contribution in [2.45, 2.75) is 30.4 Å². The Labute approximate surface area is 155 Å². The lowest BCUT2D eigenvalue weighted by molar-refractivity contribution is -0.115. The Morgan fingerprint density at radius 3 is 2.64 bits per heavy atom. The lowest BCUT2D eigenvalue weighted by Crippen LogP contribution is -2.26. The molecule has 1 heterocycles. The van der Waals surface area contributed by atoms with Crippen LogP contribution >= 0.6 is 23.1 Å². The Bertz CT molecular complexity index is 804. The molecular weight excluding hydrogens is 380 g/mol. The van der Waals surface area contributed by atoms with Crippen LogP contribution in [0.2, 0.25) is 0 Å². The fourth-order valence-corrected chi connectivity index (χ4v) is 4.70. The number of nitrogens with one attached hydrogen (secondary N) is 2. The highest BCUT2D eigenvalue weighted by Gasteiger charge is 2.20. The van der Waals surface area contributed by atoms with Gasteiger partial charge in [0, 0.05) is 24.5 Å². The standard InChI is InChI=1S/C15H20N4O3S3/c1-3-13(20)17-14-18-19-15(24-14)25(21,22)16-8-9-23-10-12-6-4-11(2)5-7-12/h4-7,16H,3,8-10H2,1-2H3,(H,17,18,20). The van der Waals surface area contributed by atoms with Crippen LogP contribution in [0.4, 0.5) is 5.13 Å². The fraction of sp³-hybridized carbons (Fsp3) is 0.400. The van der Waals surface area contributed by atoms with Crippen molar-refractivity contribution in [3.05, 3.63) is 35.4 Å². The second-order valence-corrected chi connectivity index (χ2v) is 9.23. The Morgan fingerprint density at radius 1 is 1.24 bits per heavy atom. The van der Waals surface area contributed by atoms with Crippen LogP contribution in [0.1, 0.15) is 24.5 Å². The van der Waals surface area contributed by atoms with Crippen molar-refractivity contribution < 1.29 is 13.2 Å². The van der Waals surface area contributed by atoms with Gasteiger partial charge in [-0.15, -0.1) is 10.2 Å². The van der Waals surface area contributed by atoms with Crippen LogP contribution in [0.15, 0.2) is 28.6 Å². The van der Waals surface area contributed by atoms with Crippen LogP contribution in [0.3, 0.4) is 0 Å². The van der Waals surface area contributed by atoms with Crippen molar-refractivity contribution in [1.29, 1.82) is 0 Å². The quantitative estimate of drug-likeness (QED) is 0.495. The summed E-state index contributed by atoms with van der Waals surface area (Å²) >= 11 is 2.48. The minimum absolute atomic E-state index is 0.151. The third-order valence-corrected chi connectivity index (χ3v) is 6.83. The predicted octanol–water partition coefficient (Wildman–Crippen LogP) is 2.41. The summed E-state index contributed by atoms with van der Waals surface area (Å²) in [7, 11) is -3.70. The minimum Gasteiger partial charge on any atom is -0.301 e. The van der Waals surface area contributed by atoms with Crippen molar-refractivity contribution in [2.75, 3.05) is 17.6 Å². The normalized spacial score (nSPS) is 11.4. The van der Waals surface area contributed by atoms with Crippen molar-refractivity contribution in [1.82, 2.24) is 14.9 Å². The van der Waals surface area contributed by atoms with Crippen LogP contribution in [0, 0.1) is 6.92 Å². The van der Waals surface area contributed by atoms with Gasteiger partial charge in [-0.2, -0.15) is 11.8 Å². The van der Waals surface area contributed by atoms with E-state index in [0.717, 1.165) is 17.1 Å². The van der Waals surface area contributed by atoms with E-state index in [9.17, 15) is 13.2 Å². The Kier molecular flexibility index (Phi) is 7.36. The van der Waals surface area contributed by atoms with Gasteiger partial charge in [-0.25, -0.2) is 13.1 Å². The van der Waals surface area contributed by atoms with E-state index in [1.54, 1.807) is 18.7 Å². The van der Waals surface area contributed by atoms with E-state index in [1.165, 1.54) is 11.1 Å². The summed E-state index contributed by atoms with van der Waals surface area (Å²) in [6, 6.07) is 8.26. The average molecular weight is 401 g/mol. The summed E-state index contributed by atoms with van der Waals surface area (Å²) in [5.41, 5.74) is 2.42. The topological polar surface area (TPSA) is 101 Å². The zero-order chi connectivity index (χ0) is 18.3. The maximum Gasteiger partial charge on any atom is 0.269 e. The van der Waals surface area contributed by atoms with Gasteiger partial charge in [0.25, 0.3) is 10.0 Å². The first-order valence-corrected chi connectivity index (χ1v) is 11.1. The Balaban J connectivity index is 1.77. The minimum atomic E-state index is -3.70. The number of carbonyl (C=O) groups excluding carboxylic acids is 1. The molecule has 10 heteroatoms. The summed E-state index contributed by atoms with van der Waals surface area (Å²) in [6.07, 6.45) is 0.290. The second kappa shape index (κ2) is 9.27. The molecule has 0 saturated carbocycles. The van der Waals surface area contributed by atoms with Gasteiger partial charge in [-0.1, -0.05) is 48.1 Å². The lowest BCUT2D eigenvalue weighted by atomic mass is 10.2. The van der Waals surface area contributed by atoms with Gasteiger partial charge in [-0.3, -0.25) is 4.79 Å². The largest absolute Gasteiger partial charge is 0.301 e. The third-order valence-electron chi connectivity index (χ3n) is 3.13. The number of hydrogen-bond acceptors (Lipinski definition) is 7. The van der Waals surface area contributed by atoms with Crippen LogP contribution in [-0.4, -0.2) is 36.8 Å². The second-order valence-electron chi connectivity index (χ2n) is 5.21. The SMILES string of the molecule is CCC(=O)Nc1nnc(S(=O)(=O)NCCSCc2ccc(C)cc2)s1. The number of benzene rings is 1. The molecule has 7 nitrogen and oxygen atoms in total. The van der Waals surface area contributed by atoms with Crippen molar-refractivity contribution >= 4 is 44.2 Å². The molecule has 0 fully saturated rings. The van der Waals surface area contributed by atoms with E-state index >= 15 is 0 Å². The highest BCUT2D eigenvalue weighted by atomic mass is 32.2. The van der Waals surface area contributed by atoms with E-state index in [-0.39, 0.29) is 21.8 Å². The fourth-order valence-electron chi connectivity index (χ4n) is 1.76. The maximum atomic E-state index is 12.1. The van der Waals surface area contributed by atoms with E-state index < -0.39 is 10.0 Å². The predicted molar refractivity (Wildman–Crippen MR) is 101 cm³/mol. The molecular formula is C15H20N4O3S3. The van der Waals surface area contributed by atoms with Crippen LogP contribution < -0.4 is 10.0 Å². The number of aryl methyl sites for hydroxylation is 1. The highest BCUT2D eigenvalue weighted by Crippen LogP contribution is 2.20. The van der Waals surface area contributed by atoms with E-state index in [0.29, 0.717) is 12.3 Å². The molecule has 1 aromatic carbocycles. The molecule has 25 heavy (non-hydrogen) atoms. The summed E-state index contributed by atoms with van der Waals surface area (Å²) in [5, 5.41) is 9.97. The van der Waals surface area contributed by atoms with E-state index in [1.807, 2.05) is 6.92 Å². The third kappa shape index (κ3) is 6.38. The Morgan fingerprint density at radius 2 is 1.96 bits per heavy atom. The average Bonchev–Trinajstić information content (AvgIpc) is 3.05. The van der Waals surface area contributed by atoms with Crippen LogP contribution in [-0.2, 0) is 20.6 Å². The van der Waals surface area contributed by atoms with Gasteiger partial charge in [0.05, 0.1) is 0 Å². The van der Waals surface area contributed by atoms with Crippen LogP contribution in [0.25, 0.3) is 0 Å². The molecule has 136 valence electrons. The number of hydrogen-bond donors (Lipinski definition) is 2. The molecule has 2 N–H and O–H groups in total. The summed E-state index contributed by atoms with van der Waals surface area (Å²) in [5.74, 6) is 1.24. The number of anilines is 1. The number of aromatic nitrogens is 2. The number of carbonyl (C=O) groups is 1. The van der Waals surface area contributed by atoms with Gasteiger partial charge in [-0.05, 0) is 12.5 Å². The lowest BCUT2D eigenvalue weighted by Gasteiger charge is -2.04. The zero-order valence-electron chi connectivity index (χ0n) is 14.0. The first-order chi connectivity index (χ1) is 11.9. The van der Waals surface area contributed by atoms with Crippen molar-refractivity contribution in [3.63, 3.8) is 0 Å². The van der Waals surface area contributed by atoms with Crippen molar-refractivity contribution in [2.24, 2.45) is 0 Å². The monoisotopic (exact) mass is 400 g/mol. The molecule has 0 unspecified atom stereocenters. The highest BCUT2D eigenvalue weighted by molar-refractivity contribution is 7.98. The van der Waals surface area contributed by atoms with Crippen LogP contribution in [0.5, 0.6) is 0 Å². The molecule has 2 aromatic rings. The van der Waals surface area contributed by atoms with Gasteiger partial charge in [0.2, 0.25) is 15.4 Å². The Hall–Kier alpha value is -1.49. The number of nitrogens with zero attached hydrogens (tertiary/aromatic N) is 2. The van der Waals surface area contributed by atoms with Gasteiger partial charge >= 0.3 is 0 Å². The molecule has 0 spiro atoms.